The molecule has 0 aliphatic carbocycles. The maximum absolute atomic E-state index is 11.3. The van der Waals surface area contributed by atoms with Crippen molar-refractivity contribution in [2.75, 3.05) is 26.2 Å². The van der Waals surface area contributed by atoms with Crippen molar-refractivity contribution in [3.63, 3.8) is 0 Å². The third-order valence-electron chi connectivity index (χ3n) is 3.68. The van der Waals surface area contributed by atoms with Gasteiger partial charge < -0.3 is 9.84 Å². The molecule has 1 atom stereocenters. The molecule has 1 saturated heterocycles. The van der Waals surface area contributed by atoms with Crippen LogP contribution in [0.1, 0.15) is 30.1 Å². The smallest absolute Gasteiger partial charge is 0.265 e. The lowest BCUT2D eigenvalue weighted by Crippen LogP contribution is -2.47. The van der Waals surface area contributed by atoms with E-state index >= 15 is 0 Å². The second kappa shape index (κ2) is 6.89. The lowest BCUT2D eigenvalue weighted by atomic mass is 9.95. The van der Waals surface area contributed by atoms with Crippen molar-refractivity contribution in [1.82, 2.24) is 10.3 Å². The first-order valence-corrected chi connectivity index (χ1v) is 7.19. The van der Waals surface area contributed by atoms with Gasteiger partial charge >= 0.3 is 0 Å². The molecule has 6 heteroatoms. The van der Waals surface area contributed by atoms with E-state index in [2.05, 4.69) is 10.3 Å². The van der Waals surface area contributed by atoms with Gasteiger partial charge in [0.15, 0.2) is 0 Å². The molecule has 4 N–H and O–H groups in total. The molecule has 0 spiro atoms. The Hall–Kier alpha value is -1.63. The summed E-state index contributed by atoms with van der Waals surface area (Å²) in [6, 6.07) is 6.83. The molecule has 1 aliphatic rings. The van der Waals surface area contributed by atoms with E-state index in [9.17, 15) is 9.90 Å². The number of aliphatic hydroxyl groups is 1. The summed E-state index contributed by atoms with van der Waals surface area (Å²) >= 11 is 0. The van der Waals surface area contributed by atoms with E-state index in [0.717, 1.165) is 25.9 Å². The number of carbonyl (C=O) groups excluding carboxylic acids is 1. The van der Waals surface area contributed by atoms with Crippen molar-refractivity contribution < 1.29 is 14.6 Å². The normalized spacial score (nSPS) is 22.8. The summed E-state index contributed by atoms with van der Waals surface area (Å²) in [6.45, 7) is 4.89. The average molecular weight is 293 g/mol. The molecule has 2 rings (SSSR count). The first-order chi connectivity index (χ1) is 10.00. The molecule has 0 aromatic heterocycles. The number of benzene rings is 1. The van der Waals surface area contributed by atoms with E-state index in [-0.39, 0.29) is 5.91 Å². The Balaban J connectivity index is 1.77. The van der Waals surface area contributed by atoms with Crippen LogP contribution in [0.15, 0.2) is 24.3 Å². The maximum atomic E-state index is 11.3. The molecule has 1 fully saturated rings. The van der Waals surface area contributed by atoms with E-state index in [1.165, 1.54) is 0 Å². The molecule has 1 aromatic rings. The van der Waals surface area contributed by atoms with Gasteiger partial charge in [0, 0.05) is 18.7 Å². The lowest BCUT2D eigenvalue weighted by molar-refractivity contribution is -0.0183. The summed E-state index contributed by atoms with van der Waals surface area (Å²) in [5.74, 6) is 5.46. The molecule has 116 valence electrons. The lowest BCUT2D eigenvalue weighted by Gasteiger charge is -2.36. The minimum absolute atomic E-state index is 0.322. The van der Waals surface area contributed by atoms with Crippen LogP contribution < -0.4 is 16.0 Å². The number of nitrogens with zero attached hydrogens (tertiary/aromatic N) is 1. The van der Waals surface area contributed by atoms with Gasteiger partial charge in [0.25, 0.3) is 5.91 Å². The van der Waals surface area contributed by atoms with Crippen LogP contribution in [0.2, 0.25) is 0 Å². The number of amides is 1. The largest absolute Gasteiger partial charge is 0.492 e. The summed E-state index contributed by atoms with van der Waals surface area (Å²) in [4.78, 5) is 13.5. The zero-order valence-electron chi connectivity index (χ0n) is 12.3. The predicted molar refractivity (Wildman–Crippen MR) is 79.9 cm³/mol. The number of nitrogens with two attached hydrogens (primary N) is 1. The van der Waals surface area contributed by atoms with Gasteiger partial charge in [0.1, 0.15) is 12.4 Å². The summed E-state index contributed by atoms with van der Waals surface area (Å²) in [5.41, 5.74) is 1.99. The summed E-state index contributed by atoms with van der Waals surface area (Å²) in [6.07, 6.45) is 1.87. The molecule has 1 aliphatic heterocycles. The number of hydrazine groups is 1. The third kappa shape index (κ3) is 4.70. The van der Waals surface area contributed by atoms with Crippen molar-refractivity contribution in [3.8, 4) is 5.75 Å². The van der Waals surface area contributed by atoms with Crippen molar-refractivity contribution in [2.24, 2.45) is 5.84 Å². The van der Waals surface area contributed by atoms with E-state index in [4.69, 9.17) is 10.6 Å². The minimum Gasteiger partial charge on any atom is -0.492 e. The third-order valence-corrected chi connectivity index (χ3v) is 3.68. The predicted octanol–water partition coefficient (Wildman–Crippen LogP) is 0.516. The Labute approximate surface area is 124 Å². The van der Waals surface area contributed by atoms with Crippen LogP contribution in [0.4, 0.5) is 0 Å². The topological polar surface area (TPSA) is 87.8 Å². The second-order valence-electron chi connectivity index (χ2n) is 5.72. The fraction of sp³-hybridized carbons (Fsp3) is 0.533. The second-order valence-corrected chi connectivity index (χ2v) is 5.72. The van der Waals surface area contributed by atoms with Crippen LogP contribution in [0, 0.1) is 0 Å². The quantitative estimate of drug-likeness (QED) is 0.418. The Bertz CT molecular complexity index is 474. The number of likely N-dealkylation sites (tertiary alicyclic amines) is 1. The van der Waals surface area contributed by atoms with Crippen molar-refractivity contribution >= 4 is 5.91 Å². The zero-order valence-corrected chi connectivity index (χ0v) is 12.3. The van der Waals surface area contributed by atoms with Gasteiger partial charge in [-0.25, -0.2) is 5.84 Å². The molecule has 1 amide bonds. The number of piperidine rings is 1. The molecule has 1 aromatic carbocycles. The van der Waals surface area contributed by atoms with Crippen LogP contribution in [0.25, 0.3) is 0 Å². The van der Waals surface area contributed by atoms with E-state index in [0.29, 0.717) is 24.5 Å². The molecular weight excluding hydrogens is 270 g/mol. The first kappa shape index (κ1) is 15.8. The number of hydrogen-bond donors (Lipinski definition) is 3. The van der Waals surface area contributed by atoms with Crippen molar-refractivity contribution in [1.29, 1.82) is 0 Å². The van der Waals surface area contributed by atoms with Crippen LogP contribution in [0.3, 0.4) is 0 Å². The van der Waals surface area contributed by atoms with Gasteiger partial charge in [0.2, 0.25) is 0 Å². The van der Waals surface area contributed by atoms with Gasteiger partial charge in [-0.15, -0.1) is 0 Å². The first-order valence-electron chi connectivity index (χ1n) is 7.19. The highest BCUT2D eigenvalue weighted by atomic mass is 16.5. The van der Waals surface area contributed by atoms with Gasteiger partial charge in [-0.05, 0) is 50.6 Å². The highest BCUT2D eigenvalue weighted by Gasteiger charge is 2.27. The Morgan fingerprint density at radius 2 is 2.19 bits per heavy atom. The highest BCUT2D eigenvalue weighted by Crippen LogP contribution is 2.20. The minimum atomic E-state index is -0.588. The van der Waals surface area contributed by atoms with Crippen molar-refractivity contribution in [2.45, 2.75) is 25.4 Å². The van der Waals surface area contributed by atoms with E-state index in [1.807, 2.05) is 6.92 Å². The fourth-order valence-corrected chi connectivity index (χ4v) is 2.59. The summed E-state index contributed by atoms with van der Waals surface area (Å²) in [7, 11) is 0. The van der Waals surface area contributed by atoms with Gasteiger partial charge in [-0.2, -0.15) is 0 Å². The number of ether oxygens (including phenoxy) is 1. The van der Waals surface area contributed by atoms with Crippen LogP contribution in [-0.4, -0.2) is 47.8 Å². The molecule has 6 nitrogen and oxygen atoms in total. The van der Waals surface area contributed by atoms with Crippen LogP contribution in [0.5, 0.6) is 5.75 Å². The highest BCUT2D eigenvalue weighted by molar-refractivity contribution is 5.93. The van der Waals surface area contributed by atoms with Crippen molar-refractivity contribution in [3.05, 3.63) is 29.8 Å². The Morgan fingerprint density at radius 1 is 1.48 bits per heavy atom. The standard InChI is InChI=1S/C15H23N3O3/c1-15(20)7-2-8-18(11-15)9-10-21-13-5-3-12(4-6-13)14(19)17-16/h3-6,20H,2,7-11,16H2,1H3,(H,17,19). The average Bonchev–Trinajstić information content (AvgIpc) is 2.46. The molecule has 0 saturated carbocycles. The van der Waals surface area contributed by atoms with Gasteiger partial charge in [0.05, 0.1) is 5.60 Å². The zero-order chi connectivity index (χ0) is 15.3. The van der Waals surface area contributed by atoms with Crippen LogP contribution in [-0.2, 0) is 0 Å². The van der Waals surface area contributed by atoms with Crippen LogP contribution >= 0.6 is 0 Å². The summed E-state index contributed by atoms with van der Waals surface area (Å²) in [5, 5.41) is 10.0. The van der Waals surface area contributed by atoms with Gasteiger partial charge in [-0.1, -0.05) is 0 Å². The Kier molecular flexibility index (Phi) is 5.17. The fourth-order valence-electron chi connectivity index (χ4n) is 2.59. The Morgan fingerprint density at radius 3 is 2.81 bits per heavy atom. The number of carbonyl (C=O) groups is 1. The maximum Gasteiger partial charge on any atom is 0.265 e. The van der Waals surface area contributed by atoms with Gasteiger partial charge in [-0.3, -0.25) is 15.1 Å². The van der Waals surface area contributed by atoms with E-state index in [1.54, 1.807) is 24.3 Å². The number of nitrogen functional groups attached to an aromatic ring is 1. The number of nitrogens with one attached hydrogen (secondary N) is 1. The SMILES string of the molecule is CC1(O)CCCN(CCOc2ccc(C(=O)NN)cc2)C1. The molecule has 0 radical (unpaired) electrons. The molecule has 21 heavy (non-hydrogen) atoms. The van der Waals surface area contributed by atoms with E-state index < -0.39 is 5.60 Å². The number of β-amino-alcohol motifs (C(OH)–C–C–N with tert-alkyl or cyclic N) is 1. The summed E-state index contributed by atoms with van der Waals surface area (Å²) < 4.78 is 5.66. The molecule has 1 unspecified atom stereocenters. The number of hydrogen-bond acceptors (Lipinski definition) is 5. The monoisotopic (exact) mass is 293 g/mol. The molecule has 1 heterocycles. The molecule has 0 bridgehead atoms. The molecular formula is C15H23N3O3. The number of rotatable bonds is 5.